The number of nitrogens with one attached hydrogen (secondary N) is 2. The van der Waals surface area contributed by atoms with Gasteiger partial charge in [0.05, 0.1) is 17.7 Å². The van der Waals surface area contributed by atoms with Crippen LogP contribution in [0.25, 0.3) is 10.1 Å². The van der Waals surface area contributed by atoms with E-state index in [1.807, 2.05) is 42.6 Å². The van der Waals surface area contributed by atoms with Gasteiger partial charge in [-0.2, -0.15) is 5.26 Å². The third-order valence-electron chi connectivity index (χ3n) is 3.80. The molecule has 5 nitrogen and oxygen atoms in total. The van der Waals surface area contributed by atoms with Gasteiger partial charge < -0.3 is 10.6 Å². The Hall–Kier alpha value is -3.17. The third kappa shape index (κ3) is 3.67. The van der Waals surface area contributed by atoms with Crippen molar-refractivity contribution in [1.29, 1.82) is 5.26 Å². The Morgan fingerprint density at radius 3 is 2.52 bits per heavy atom. The summed E-state index contributed by atoms with van der Waals surface area (Å²) in [5.41, 5.74) is 1.94. The molecule has 124 valence electrons. The lowest BCUT2D eigenvalue weighted by Crippen LogP contribution is -2.36. The van der Waals surface area contributed by atoms with Gasteiger partial charge in [-0.3, -0.25) is 9.59 Å². The summed E-state index contributed by atoms with van der Waals surface area (Å²) in [4.78, 5) is 24.2. The Bertz CT molecular complexity index is 970. The molecule has 6 heteroatoms. The predicted molar refractivity (Wildman–Crippen MR) is 98.2 cm³/mol. The lowest BCUT2D eigenvalue weighted by Gasteiger charge is -2.13. The zero-order valence-corrected chi connectivity index (χ0v) is 14.3. The van der Waals surface area contributed by atoms with E-state index < -0.39 is 11.8 Å². The minimum atomic E-state index is -0.740. The topological polar surface area (TPSA) is 82.0 Å². The molecule has 1 aromatic heterocycles. The fraction of sp³-hybridized carbons (Fsp3) is 0.105. The van der Waals surface area contributed by atoms with E-state index in [1.54, 1.807) is 35.6 Å². The number of anilines is 1. The Morgan fingerprint density at radius 1 is 1.08 bits per heavy atom. The maximum absolute atomic E-state index is 12.1. The number of carbonyl (C=O) groups is 2. The van der Waals surface area contributed by atoms with Gasteiger partial charge in [-0.1, -0.05) is 18.2 Å². The molecule has 2 N–H and O–H groups in total. The summed E-state index contributed by atoms with van der Waals surface area (Å²) in [7, 11) is 0. The fourth-order valence-electron chi connectivity index (χ4n) is 2.49. The number of hydrogen-bond acceptors (Lipinski definition) is 4. The van der Waals surface area contributed by atoms with E-state index in [0.29, 0.717) is 11.3 Å². The average Bonchev–Trinajstić information content (AvgIpc) is 3.06. The number of thiophene rings is 1. The number of nitrogens with zero attached hydrogens (tertiary/aromatic N) is 1. The van der Waals surface area contributed by atoms with Gasteiger partial charge in [-0.05, 0) is 53.6 Å². The summed E-state index contributed by atoms with van der Waals surface area (Å²) in [6.07, 6.45) is 0. The van der Waals surface area contributed by atoms with Crippen LogP contribution in [0.1, 0.15) is 24.1 Å². The van der Waals surface area contributed by atoms with E-state index in [2.05, 4.69) is 10.6 Å². The largest absolute Gasteiger partial charge is 0.341 e. The van der Waals surface area contributed by atoms with Crippen molar-refractivity contribution < 1.29 is 9.59 Å². The molecule has 2 aromatic carbocycles. The van der Waals surface area contributed by atoms with Crippen molar-refractivity contribution >= 4 is 38.9 Å². The first-order valence-electron chi connectivity index (χ1n) is 7.66. The van der Waals surface area contributed by atoms with Gasteiger partial charge in [0.1, 0.15) is 0 Å². The Labute approximate surface area is 148 Å². The van der Waals surface area contributed by atoms with E-state index >= 15 is 0 Å². The molecule has 0 aliphatic rings. The molecular formula is C19H15N3O2S. The normalized spacial score (nSPS) is 11.5. The molecule has 0 spiro atoms. The Morgan fingerprint density at radius 2 is 1.80 bits per heavy atom. The monoisotopic (exact) mass is 349 g/mol. The zero-order valence-electron chi connectivity index (χ0n) is 13.4. The van der Waals surface area contributed by atoms with Crippen LogP contribution in [0.15, 0.2) is 53.9 Å². The molecule has 2 amide bonds. The fourth-order valence-corrected chi connectivity index (χ4v) is 3.54. The highest BCUT2D eigenvalue weighted by molar-refractivity contribution is 7.17. The molecule has 1 heterocycles. The molecule has 0 bridgehead atoms. The summed E-state index contributed by atoms with van der Waals surface area (Å²) in [6, 6.07) is 16.0. The molecule has 1 atom stereocenters. The predicted octanol–water partition coefficient (Wildman–Crippen LogP) is 3.59. The average molecular weight is 349 g/mol. The molecular weight excluding hydrogens is 334 g/mol. The van der Waals surface area contributed by atoms with Gasteiger partial charge >= 0.3 is 11.8 Å². The van der Waals surface area contributed by atoms with E-state index in [1.165, 1.54) is 0 Å². The van der Waals surface area contributed by atoms with Gasteiger partial charge in [-0.25, -0.2) is 0 Å². The van der Waals surface area contributed by atoms with Crippen LogP contribution in [-0.4, -0.2) is 11.8 Å². The summed E-state index contributed by atoms with van der Waals surface area (Å²) >= 11 is 1.61. The van der Waals surface area contributed by atoms with Crippen LogP contribution in [-0.2, 0) is 9.59 Å². The smallest absolute Gasteiger partial charge is 0.313 e. The molecule has 0 fully saturated rings. The first-order chi connectivity index (χ1) is 12.1. The summed E-state index contributed by atoms with van der Waals surface area (Å²) in [5, 5.41) is 17.1. The van der Waals surface area contributed by atoms with Crippen LogP contribution in [0, 0.1) is 11.3 Å². The number of carbonyl (C=O) groups excluding carboxylic acids is 2. The van der Waals surface area contributed by atoms with Crippen molar-refractivity contribution in [3.8, 4) is 6.07 Å². The molecule has 0 unspecified atom stereocenters. The molecule has 0 radical (unpaired) electrons. The first-order valence-corrected chi connectivity index (χ1v) is 8.54. The van der Waals surface area contributed by atoms with Crippen LogP contribution >= 0.6 is 11.3 Å². The molecule has 25 heavy (non-hydrogen) atoms. The molecule has 3 rings (SSSR count). The van der Waals surface area contributed by atoms with Gasteiger partial charge in [0.2, 0.25) is 0 Å². The number of nitriles is 1. The minimum absolute atomic E-state index is 0.282. The van der Waals surface area contributed by atoms with Crippen LogP contribution in [0.3, 0.4) is 0 Å². The minimum Gasteiger partial charge on any atom is -0.341 e. The van der Waals surface area contributed by atoms with E-state index in [9.17, 15) is 9.59 Å². The molecule has 0 aliphatic carbocycles. The van der Waals surface area contributed by atoms with Crippen molar-refractivity contribution in [3.05, 3.63) is 65.0 Å². The van der Waals surface area contributed by atoms with Crippen molar-refractivity contribution in [2.45, 2.75) is 13.0 Å². The van der Waals surface area contributed by atoms with Gasteiger partial charge in [0.15, 0.2) is 0 Å². The molecule has 0 aliphatic heterocycles. The van der Waals surface area contributed by atoms with Crippen molar-refractivity contribution in [3.63, 3.8) is 0 Å². The second-order valence-electron chi connectivity index (χ2n) is 5.53. The number of amides is 2. The number of hydrogen-bond donors (Lipinski definition) is 2. The SMILES string of the molecule is C[C@@H](NC(=O)C(=O)Nc1ccc(C#N)cc1)c1csc2ccccc12. The van der Waals surface area contributed by atoms with E-state index in [4.69, 9.17) is 5.26 Å². The second kappa shape index (κ2) is 7.16. The molecule has 0 saturated carbocycles. The van der Waals surface area contributed by atoms with Crippen molar-refractivity contribution in [1.82, 2.24) is 5.32 Å². The lowest BCUT2D eigenvalue weighted by atomic mass is 10.1. The van der Waals surface area contributed by atoms with E-state index in [-0.39, 0.29) is 6.04 Å². The maximum Gasteiger partial charge on any atom is 0.313 e. The van der Waals surface area contributed by atoms with Gasteiger partial charge in [-0.15, -0.1) is 11.3 Å². The highest BCUT2D eigenvalue weighted by atomic mass is 32.1. The summed E-state index contributed by atoms with van der Waals surface area (Å²) in [5.74, 6) is -1.44. The Kier molecular flexibility index (Phi) is 4.78. The number of fused-ring (bicyclic) bond motifs is 1. The lowest BCUT2D eigenvalue weighted by molar-refractivity contribution is -0.136. The molecule has 0 saturated heterocycles. The maximum atomic E-state index is 12.1. The Balaban J connectivity index is 1.66. The standard InChI is InChI=1S/C19H15N3O2S/c1-12(16-11-25-17-5-3-2-4-15(16)17)21-18(23)19(24)22-14-8-6-13(10-20)7-9-14/h2-9,11-12H,1H3,(H,21,23)(H,22,24)/t12-/m1/s1. The van der Waals surface area contributed by atoms with Crippen molar-refractivity contribution in [2.24, 2.45) is 0 Å². The highest BCUT2D eigenvalue weighted by Crippen LogP contribution is 2.29. The quantitative estimate of drug-likeness (QED) is 0.709. The zero-order chi connectivity index (χ0) is 17.8. The van der Waals surface area contributed by atoms with E-state index in [0.717, 1.165) is 15.6 Å². The van der Waals surface area contributed by atoms with Crippen molar-refractivity contribution in [2.75, 3.05) is 5.32 Å². The highest BCUT2D eigenvalue weighted by Gasteiger charge is 2.19. The van der Waals surface area contributed by atoms with Gasteiger partial charge in [0.25, 0.3) is 0 Å². The van der Waals surface area contributed by atoms with Crippen LogP contribution in [0.2, 0.25) is 0 Å². The summed E-state index contributed by atoms with van der Waals surface area (Å²) in [6.45, 7) is 1.85. The first kappa shape index (κ1) is 16.7. The third-order valence-corrected chi connectivity index (χ3v) is 4.78. The molecule has 3 aromatic rings. The number of rotatable bonds is 3. The number of benzene rings is 2. The summed E-state index contributed by atoms with van der Waals surface area (Å²) < 4.78 is 1.14. The second-order valence-corrected chi connectivity index (χ2v) is 6.44. The van der Waals surface area contributed by atoms with Crippen LogP contribution in [0.5, 0.6) is 0 Å². The van der Waals surface area contributed by atoms with Crippen LogP contribution < -0.4 is 10.6 Å². The van der Waals surface area contributed by atoms with Crippen LogP contribution in [0.4, 0.5) is 5.69 Å². The van der Waals surface area contributed by atoms with Gasteiger partial charge in [0, 0.05) is 10.4 Å².